The number of hydrogen-bond acceptors (Lipinski definition) is 4. The lowest BCUT2D eigenvalue weighted by Gasteiger charge is -2.37. The highest BCUT2D eigenvalue weighted by Gasteiger charge is 2.26. The van der Waals surface area contributed by atoms with E-state index in [0.717, 1.165) is 26.1 Å². The van der Waals surface area contributed by atoms with Crippen LogP contribution < -0.4 is 11.3 Å². The van der Waals surface area contributed by atoms with Crippen LogP contribution in [-0.4, -0.2) is 40.9 Å². The molecule has 0 aromatic heterocycles. The first-order valence-corrected chi connectivity index (χ1v) is 6.38. The average Bonchev–Trinajstić information content (AvgIpc) is 2.16. The average molecular weight is 231 g/mol. The van der Waals surface area contributed by atoms with Crippen LogP contribution in [0.3, 0.4) is 0 Å². The molecule has 0 aromatic carbocycles. The van der Waals surface area contributed by atoms with Gasteiger partial charge in [-0.05, 0) is 26.8 Å². The van der Waals surface area contributed by atoms with Crippen molar-refractivity contribution in [2.24, 2.45) is 5.84 Å². The van der Waals surface area contributed by atoms with Crippen molar-refractivity contribution in [1.82, 2.24) is 10.3 Å². The first kappa shape index (κ1) is 12.8. The van der Waals surface area contributed by atoms with Crippen molar-refractivity contribution in [3.63, 3.8) is 0 Å². The molecule has 1 fully saturated rings. The fourth-order valence-corrected chi connectivity index (χ4v) is 3.02. The normalized spacial score (nSPS) is 21.3. The van der Waals surface area contributed by atoms with Crippen LogP contribution in [0.25, 0.3) is 0 Å². The number of carbonyl (C=O) groups excluding carboxylic acids is 1. The maximum Gasteiger partial charge on any atom is 0.233 e. The van der Waals surface area contributed by atoms with Crippen LogP contribution in [0, 0.1) is 0 Å². The van der Waals surface area contributed by atoms with Gasteiger partial charge in [-0.2, -0.15) is 11.8 Å². The number of hydrogen-bond donors (Lipinski definition) is 2. The van der Waals surface area contributed by atoms with Crippen molar-refractivity contribution in [2.45, 2.75) is 31.4 Å². The largest absolute Gasteiger partial charge is 0.301 e. The Hall–Kier alpha value is -0.260. The predicted molar refractivity (Wildman–Crippen MR) is 64.5 cm³/mol. The molecule has 1 heterocycles. The van der Waals surface area contributed by atoms with E-state index in [0.29, 0.717) is 11.2 Å². The number of carbonyl (C=O) groups is 1. The van der Waals surface area contributed by atoms with Crippen molar-refractivity contribution in [3.05, 3.63) is 0 Å². The summed E-state index contributed by atoms with van der Waals surface area (Å²) in [5, 5.41) is 0. The highest BCUT2D eigenvalue weighted by atomic mass is 32.2. The van der Waals surface area contributed by atoms with Gasteiger partial charge in [-0.15, -0.1) is 0 Å². The minimum absolute atomic E-state index is 0.0688. The molecule has 5 heteroatoms. The molecule has 0 atom stereocenters. The molecule has 1 saturated heterocycles. The number of thioether (sulfide) groups is 1. The second kappa shape index (κ2) is 5.72. The summed E-state index contributed by atoms with van der Waals surface area (Å²) in [6.45, 7) is 7.80. The van der Waals surface area contributed by atoms with Gasteiger partial charge in [0.15, 0.2) is 0 Å². The van der Waals surface area contributed by atoms with Crippen molar-refractivity contribution in [1.29, 1.82) is 0 Å². The standard InChI is InChI=1S/C10H21N3OS/c1-10(2)8-13(6-7-15-10)5-3-4-9(14)12-11/h3-8,11H2,1-2H3,(H,12,14). The van der Waals surface area contributed by atoms with Gasteiger partial charge in [0.05, 0.1) is 0 Å². The van der Waals surface area contributed by atoms with E-state index in [-0.39, 0.29) is 5.91 Å². The molecule has 3 N–H and O–H groups in total. The van der Waals surface area contributed by atoms with E-state index < -0.39 is 0 Å². The molecule has 0 saturated carbocycles. The van der Waals surface area contributed by atoms with Gasteiger partial charge < -0.3 is 4.90 Å². The number of nitrogens with one attached hydrogen (secondary N) is 1. The van der Waals surface area contributed by atoms with Crippen LogP contribution in [0.2, 0.25) is 0 Å². The summed E-state index contributed by atoms with van der Waals surface area (Å²) in [5.41, 5.74) is 2.16. The Morgan fingerprint density at radius 1 is 1.60 bits per heavy atom. The number of nitrogens with two attached hydrogens (primary N) is 1. The monoisotopic (exact) mass is 231 g/mol. The summed E-state index contributed by atoms with van der Waals surface area (Å²) in [5.74, 6) is 6.14. The molecule has 0 spiro atoms. The second-order valence-electron chi connectivity index (χ2n) is 4.56. The van der Waals surface area contributed by atoms with Gasteiger partial charge in [0.2, 0.25) is 5.91 Å². The molecule has 1 aliphatic rings. The summed E-state index contributed by atoms with van der Waals surface area (Å²) in [6.07, 6.45) is 1.42. The fraction of sp³-hybridized carbons (Fsp3) is 0.900. The molecule has 0 radical (unpaired) electrons. The molecule has 1 aliphatic heterocycles. The third kappa shape index (κ3) is 4.86. The molecule has 88 valence electrons. The molecular formula is C10H21N3OS. The Morgan fingerprint density at radius 3 is 2.93 bits per heavy atom. The zero-order chi connectivity index (χ0) is 11.3. The summed E-state index contributed by atoms with van der Waals surface area (Å²) in [6, 6.07) is 0. The van der Waals surface area contributed by atoms with E-state index in [9.17, 15) is 4.79 Å². The maximum absolute atomic E-state index is 10.9. The smallest absolute Gasteiger partial charge is 0.233 e. The third-order valence-corrected chi connectivity index (χ3v) is 3.84. The SMILES string of the molecule is CC1(C)CN(CCCC(=O)NN)CCS1. The van der Waals surface area contributed by atoms with Gasteiger partial charge in [-0.25, -0.2) is 5.84 Å². The molecular weight excluding hydrogens is 210 g/mol. The van der Waals surface area contributed by atoms with Gasteiger partial charge >= 0.3 is 0 Å². The van der Waals surface area contributed by atoms with Crippen LogP contribution in [0.4, 0.5) is 0 Å². The highest BCUT2D eigenvalue weighted by molar-refractivity contribution is 8.00. The van der Waals surface area contributed by atoms with Crippen LogP contribution in [0.5, 0.6) is 0 Å². The second-order valence-corrected chi connectivity index (χ2v) is 6.36. The van der Waals surface area contributed by atoms with E-state index in [2.05, 4.69) is 24.2 Å². The van der Waals surface area contributed by atoms with Gasteiger partial charge in [-0.1, -0.05) is 0 Å². The van der Waals surface area contributed by atoms with Gasteiger partial charge in [0, 0.05) is 30.0 Å². The Labute approximate surface area is 95.9 Å². The van der Waals surface area contributed by atoms with Crippen LogP contribution >= 0.6 is 11.8 Å². The first-order chi connectivity index (χ1) is 7.03. The molecule has 1 amide bonds. The molecule has 0 aliphatic carbocycles. The van der Waals surface area contributed by atoms with Crippen molar-refractivity contribution in [3.8, 4) is 0 Å². The van der Waals surface area contributed by atoms with Crippen molar-refractivity contribution < 1.29 is 4.79 Å². The zero-order valence-electron chi connectivity index (χ0n) is 9.58. The molecule has 15 heavy (non-hydrogen) atoms. The maximum atomic E-state index is 10.9. The molecule has 4 nitrogen and oxygen atoms in total. The third-order valence-electron chi connectivity index (χ3n) is 2.54. The predicted octanol–water partition coefficient (Wildman–Crippen LogP) is 0.584. The number of amides is 1. The number of hydrazine groups is 1. The topological polar surface area (TPSA) is 58.4 Å². The lowest BCUT2D eigenvalue weighted by molar-refractivity contribution is -0.121. The van der Waals surface area contributed by atoms with Crippen LogP contribution in [0.15, 0.2) is 0 Å². The fourth-order valence-electron chi connectivity index (χ4n) is 1.84. The minimum atomic E-state index is -0.0688. The Kier molecular flexibility index (Phi) is 4.89. The minimum Gasteiger partial charge on any atom is -0.301 e. The van der Waals surface area contributed by atoms with Gasteiger partial charge in [0.1, 0.15) is 0 Å². The van der Waals surface area contributed by atoms with E-state index in [1.54, 1.807) is 0 Å². The van der Waals surface area contributed by atoms with E-state index in [1.165, 1.54) is 5.75 Å². The highest BCUT2D eigenvalue weighted by Crippen LogP contribution is 2.29. The van der Waals surface area contributed by atoms with Crippen LogP contribution in [0.1, 0.15) is 26.7 Å². The quantitative estimate of drug-likeness (QED) is 0.422. The Bertz CT molecular complexity index is 221. The molecule has 0 unspecified atom stereocenters. The lowest BCUT2D eigenvalue weighted by Crippen LogP contribution is -2.43. The van der Waals surface area contributed by atoms with Crippen molar-refractivity contribution >= 4 is 17.7 Å². The van der Waals surface area contributed by atoms with Crippen LogP contribution in [-0.2, 0) is 4.79 Å². The van der Waals surface area contributed by atoms with Crippen molar-refractivity contribution in [2.75, 3.05) is 25.4 Å². The van der Waals surface area contributed by atoms with E-state index in [1.807, 2.05) is 11.8 Å². The molecule has 1 rings (SSSR count). The summed E-state index contributed by atoms with van der Waals surface area (Å²) in [4.78, 5) is 13.4. The summed E-state index contributed by atoms with van der Waals surface area (Å²) >= 11 is 2.03. The zero-order valence-corrected chi connectivity index (χ0v) is 10.4. The number of nitrogens with zero attached hydrogens (tertiary/aromatic N) is 1. The van der Waals surface area contributed by atoms with Gasteiger partial charge in [0.25, 0.3) is 0 Å². The summed E-state index contributed by atoms with van der Waals surface area (Å²) < 4.78 is 0.356. The number of rotatable bonds is 4. The van der Waals surface area contributed by atoms with E-state index in [4.69, 9.17) is 5.84 Å². The Morgan fingerprint density at radius 2 is 2.33 bits per heavy atom. The van der Waals surface area contributed by atoms with Gasteiger partial charge in [-0.3, -0.25) is 10.2 Å². The molecule has 0 bridgehead atoms. The molecule has 0 aromatic rings. The Balaban J connectivity index is 2.18. The first-order valence-electron chi connectivity index (χ1n) is 5.39. The van der Waals surface area contributed by atoms with E-state index >= 15 is 0 Å². The lowest BCUT2D eigenvalue weighted by atomic mass is 10.1. The summed E-state index contributed by atoms with van der Waals surface area (Å²) in [7, 11) is 0.